The van der Waals surface area contributed by atoms with E-state index in [2.05, 4.69) is 76.3 Å². The Hall–Kier alpha value is -1.88. The number of rotatable bonds is 6. The average molecular weight is 366 g/mol. The van der Waals surface area contributed by atoms with Crippen LogP contribution in [0.5, 0.6) is 5.75 Å². The van der Waals surface area contributed by atoms with E-state index in [1.54, 1.807) is 0 Å². The molecule has 0 spiro atoms. The van der Waals surface area contributed by atoms with Gasteiger partial charge in [-0.2, -0.15) is 0 Å². The van der Waals surface area contributed by atoms with E-state index in [-0.39, 0.29) is 0 Å². The van der Waals surface area contributed by atoms with Crippen molar-refractivity contribution in [2.45, 2.75) is 19.0 Å². The van der Waals surface area contributed by atoms with Crippen LogP contribution < -0.4 is 4.74 Å². The Morgan fingerprint density at radius 1 is 0.889 bits per heavy atom. The van der Waals surface area contributed by atoms with Crippen molar-refractivity contribution < 1.29 is 4.74 Å². The quantitative estimate of drug-likeness (QED) is 0.783. The smallest absolute Gasteiger partial charge is 0.123 e. The second kappa shape index (κ2) is 8.87. The van der Waals surface area contributed by atoms with E-state index < -0.39 is 0 Å². The zero-order chi connectivity index (χ0) is 18.5. The fraction of sp³-hybridized carbons (Fsp3) is 0.478. The van der Waals surface area contributed by atoms with Crippen molar-refractivity contribution in [2.24, 2.45) is 0 Å². The minimum Gasteiger partial charge on any atom is -0.493 e. The zero-order valence-electron chi connectivity index (χ0n) is 16.4. The van der Waals surface area contributed by atoms with Crippen LogP contribution in [0.4, 0.5) is 0 Å². The fourth-order valence-electron chi connectivity index (χ4n) is 4.26. The van der Waals surface area contributed by atoms with E-state index in [9.17, 15) is 0 Å². The molecule has 2 aromatic carbocycles. The van der Waals surface area contributed by atoms with Gasteiger partial charge in [-0.3, -0.25) is 9.80 Å². The summed E-state index contributed by atoms with van der Waals surface area (Å²) in [7, 11) is 2.24. The van der Waals surface area contributed by atoms with E-state index in [1.807, 2.05) is 0 Å². The maximum absolute atomic E-state index is 6.16. The SMILES string of the molecule is CN1CCN2CCN(Cc3ccccc3OCCc3ccccc3)C[C@@H]2C1. The maximum atomic E-state index is 6.16. The Morgan fingerprint density at radius 2 is 1.67 bits per heavy atom. The van der Waals surface area contributed by atoms with Crippen LogP contribution in [0.1, 0.15) is 11.1 Å². The molecule has 2 heterocycles. The maximum Gasteiger partial charge on any atom is 0.123 e. The Kier molecular flexibility index (Phi) is 6.07. The highest BCUT2D eigenvalue weighted by Gasteiger charge is 2.30. The topological polar surface area (TPSA) is 19.0 Å². The van der Waals surface area contributed by atoms with Crippen molar-refractivity contribution in [3.8, 4) is 5.75 Å². The summed E-state index contributed by atoms with van der Waals surface area (Å²) < 4.78 is 6.16. The number of para-hydroxylation sites is 1. The summed E-state index contributed by atoms with van der Waals surface area (Å²) in [5, 5.41) is 0. The van der Waals surface area contributed by atoms with Crippen LogP contribution in [0.25, 0.3) is 0 Å². The van der Waals surface area contributed by atoms with Crippen LogP contribution in [0.3, 0.4) is 0 Å². The van der Waals surface area contributed by atoms with Crippen LogP contribution in [0.15, 0.2) is 54.6 Å². The van der Waals surface area contributed by atoms with Crippen molar-refractivity contribution in [1.82, 2.24) is 14.7 Å². The highest BCUT2D eigenvalue weighted by Crippen LogP contribution is 2.23. The first-order valence-corrected chi connectivity index (χ1v) is 10.2. The van der Waals surface area contributed by atoms with Gasteiger partial charge in [0.2, 0.25) is 0 Å². The number of piperazine rings is 2. The Balaban J connectivity index is 1.34. The fourth-order valence-corrected chi connectivity index (χ4v) is 4.26. The Morgan fingerprint density at radius 3 is 2.56 bits per heavy atom. The molecule has 4 nitrogen and oxygen atoms in total. The van der Waals surface area contributed by atoms with E-state index in [0.29, 0.717) is 6.04 Å². The summed E-state index contributed by atoms with van der Waals surface area (Å²) in [6.07, 6.45) is 0.947. The molecule has 0 unspecified atom stereocenters. The first-order chi connectivity index (χ1) is 13.3. The second-order valence-corrected chi connectivity index (χ2v) is 7.88. The number of hydrogen-bond acceptors (Lipinski definition) is 4. The van der Waals surface area contributed by atoms with Gasteiger partial charge >= 0.3 is 0 Å². The number of benzene rings is 2. The molecule has 4 heteroatoms. The molecule has 2 fully saturated rings. The molecule has 0 saturated carbocycles. The van der Waals surface area contributed by atoms with Gasteiger partial charge in [-0.15, -0.1) is 0 Å². The molecule has 0 radical (unpaired) electrons. The molecule has 1 atom stereocenters. The van der Waals surface area contributed by atoms with Crippen LogP contribution in [0.2, 0.25) is 0 Å². The number of ether oxygens (including phenoxy) is 1. The first kappa shape index (κ1) is 18.5. The van der Waals surface area contributed by atoms with Crippen LogP contribution in [-0.2, 0) is 13.0 Å². The summed E-state index contributed by atoms with van der Waals surface area (Å²) >= 11 is 0. The Bertz CT molecular complexity index is 721. The lowest BCUT2D eigenvalue weighted by Gasteiger charge is -2.46. The largest absolute Gasteiger partial charge is 0.493 e. The van der Waals surface area contributed by atoms with Gasteiger partial charge in [0.1, 0.15) is 5.75 Å². The van der Waals surface area contributed by atoms with Crippen LogP contribution >= 0.6 is 0 Å². The summed E-state index contributed by atoms with van der Waals surface area (Å²) in [4.78, 5) is 7.73. The third-order valence-corrected chi connectivity index (χ3v) is 5.84. The van der Waals surface area contributed by atoms with Crippen LogP contribution in [0, 0.1) is 0 Å². The van der Waals surface area contributed by atoms with Gasteiger partial charge in [-0.05, 0) is 18.7 Å². The number of likely N-dealkylation sites (N-methyl/N-ethyl adjacent to an activating group) is 1. The molecular weight excluding hydrogens is 334 g/mol. The monoisotopic (exact) mass is 365 g/mol. The van der Waals surface area contributed by atoms with Gasteiger partial charge in [-0.25, -0.2) is 0 Å². The van der Waals surface area contributed by atoms with E-state index in [1.165, 1.54) is 37.3 Å². The van der Waals surface area contributed by atoms with Gasteiger partial charge in [-0.1, -0.05) is 48.5 Å². The van der Waals surface area contributed by atoms with Gasteiger partial charge < -0.3 is 9.64 Å². The Labute approximate surface area is 163 Å². The summed E-state index contributed by atoms with van der Waals surface area (Å²) in [6.45, 7) is 8.81. The minimum atomic E-state index is 0.670. The third kappa shape index (κ3) is 4.89. The molecule has 2 aliphatic heterocycles. The standard InChI is InChI=1S/C23H31N3O/c1-24-12-14-26-15-13-25(19-22(26)18-24)17-21-9-5-6-10-23(21)27-16-11-20-7-3-2-4-8-20/h2-10,22H,11-19H2,1H3/t22-/m0/s1. The van der Waals surface area contributed by atoms with Crippen LogP contribution in [-0.4, -0.2) is 73.7 Å². The first-order valence-electron chi connectivity index (χ1n) is 10.2. The molecule has 144 valence electrons. The minimum absolute atomic E-state index is 0.670. The second-order valence-electron chi connectivity index (χ2n) is 7.88. The summed E-state index contributed by atoms with van der Waals surface area (Å²) in [5.74, 6) is 1.04. The predicted octanol–water partition coefficient (Wildman–Crippen LogP) is 2.74. The van der Waals surface area contributed by atoms with Gasteiger partial charge in [0.05, 0.1) is 6.61 Å². The zero-order valence-corrected chi connectivity index (χ0v) is 16.4. The molecule has 27 heavy (non-hydrogen) atoms. The molecule has 0 aliphatic carbocycles. The predicted molar refractivity (Wildman–Crippen MR) is 110 cm³/mol. The molecule has 2 aromatic rings. The van der Waals surface area contributed by atoms with E-state index >= 15 is 0 Å². The molecule has 0 N–H and O–H groups in total. The summed E-state index contributed by atoms with van der Waals surface area (Å²) in [6, 6.07) is 19.8. The number of hydrogen-bond donors (Lipinski definition) is 0. The highest BCUT2D eigenvalue weighted by molar-refractivity contribution is 5.33. The summed E-state index contributed by atoms with van der Waals surface area (Å²) in [5.41, 5.74) is 2.63. The molecule has 0 aromatic heterocycles. The van der Waals surface area contributed by atoms with Crippen molar-refractivity contribution in [3.63, 3.8) is 0 Å². The normalized spacial score (nSPS) is 21.7. The number of nitrogens with zero attached hydrogens (tertiary/aromatic N) is 3. The molecular formula is C23H31N3O. The van der Waals surface area contributed by atoms with Crippen molar-refractivity contribution in [1.29, 1.82) is 0 Å². The molecule has 0 bridgehead atoms. The third-order valence-electron chi connectivity index (χ3n) is 5.84. The lowest BCUT2D eigenvalue weighted by molar-refractivity contribution is 0.0172. The molecule has 2 saturated heterocycles. The molecule has 4 rings (SSSR count). The number of fused-ring (bicyclic) bond motifs is 1. The highest BCUT2D eigenvalue weighted by atomic mass is 16.5. The molecule has 2 aliphatic rings. The van der Waals surface area contributed by atoms with Gasteiger partial charge in [0.15, 0.2) is 0 Å². The van der Waals surface area contributed by atoms with Crippen molar-refractivity contribution in [2.75, 3.05) is 52.9 Å². The lowest BCUT2D eigenvalue weighted by atomic mass is 10.1. The average Bonchev–Trinajstić information content (AvgIpc) is 2.70. The lowest BCUT2D eigenvalue weighted by Crippen LogP contribution is -2.61. The molecule has 0 amide bonds. The van der Waals surface area contributed by atoms with Gasteiger partial charge in [0, 0.05) is 63.8 Å². The van der Waals surface area contributed by atoms with Gasteiger partial charge in [0.25, 0.3) is 0 Å². The van der Waals surface area contributed by atoms with E-state index in [0.717, 1.165) is 38.4 Å². The van der Waals surface area contributed by atoms with Crippen molar-refractivity contribution >= 4 is 0 Å². The van der Waals surface area contributed by atoms with E-state index in [4.69, 9.17) is 4.74 Å². The van der Waals surface area contributed by atoms with Crippen molar-refractivity contribution in [3.05, 3.63) is 65.7 Å².